The summed E-state index contributed by atoms with van der Waals surface area (Å²) in [5.41, 5.74) is 4.90. The van der Waals surface area contributed by atoms with Crippen LogP contribution in [0, 0.1) is 6.92 Å². The second-order valence-electron chi connectivity index (χ2n) is 7.53. The van der Waals surface area contributed by atoms with Crippen LogP contribution >= 0.6 is 27.3 Å². The summed E-state index contributed by atoms with van der Waals surface area (Å²) in [5, 5.41) is 5.30. The van der Waals surface area contributed by atoms with Crippen LogP contribution in [0.25, 0.3) is 17.3 Å². The Labute approximate surface area is 211 Å². The third kappa shape index (κ3) is 6.12. The largest absolute Gasteiger partial charge is 0.493 e. The number of rotatable bonds is 8. The summed E-state index contributed by atoms with van der Waals surface area (Å²) in [5.74, 6) is 0.928. The van der Waals surface area contributed by atoms with Gasteiger partial charge in [0.25, 0.3) is 0 Å². The number of hydrogen-bond donors (Lipinski definition) is 1. The molecule has 4 rings (SSSR count). The molecule has 1 amide bonds. The van der Waals surface area contributed by atoms with E-state index in [0.717, 1.165) is 26.9 Å². The molecule has 0 bridgehead atoms. The van der Waals surface area contributed by atoms with E-state index in [9.17, 15) is 4.79 Å². The molecule has 0 aliphatic carbocycles. The van der Waals surface area contributed by atoms with Crippen molar-refractivity contribution in [2.24, 2.45) is 0 Å². The molecule has 34 heavy (non-hydrogen) atoms. The summed E-state index contributed by atoms with van der Waals surface area (Å²) in [6.45, 7) is 2.47. The number of ether oxygens (including phenoxy) is 2. The molecule has 0 aliphatic heterocycles. The Balaban J connectivity index is 1.41. The van der Waals surface area contributed by atoms with Crippen LogP contribution in [0.5, 0.6) is 11.5 Å². The summed E-state index contributed by atoms with van der Waals surface area (Å²) in [4.78, 5) is 17.0. The van der Waals surface area contributed by atoms with Gasteiger partial charge in [-0.2, -0.15) is 0 Å². The lowest BCUT2D eigenvalue weighted by Gasteiger charge is -2.13. The number of hydrogen-bond acceptors (Lipinski definition) is 5. The van der Waals surface area contributed by atoms with Gasteiger partial charge in [0.05, 0.1) is 17.3 Å². The molecule has 3 aromatic carbocycles. The van der Waals surface area contributed by atoms with Gasteiger partial charge in [0.2, 0.25) is 5.91 Å². The molecule has 172 valence electrons. The zero-order chi connectivity index (χ0) is 23.9. The first-order chi connectivity index (χ1) is 16.5. The fourth-order valence-corrected chi connectivity index (χ4v) is 4.51. The summed E-state index contributed by atoms with van der Waals surface area (Å²) < 4.78 is 12.2. The minimum Gasteiger partial charge on any atom is -0.493 e. The molecule has 0 spiro atoms. The van der Waals surface area contributed by atoms with Crippen LogP contribution < -0.4 is 14.8 Å². The second-order valence-corrected chi connectivity index (χ2v) is 9.25. The quantitative estimate of drug-likeness (QED) is 0.244. The van der Waals surface area contributed by atoms with Crippen molar-refractivity contribution in [2.75, 3.05) is 12.4 Å². The Morgan fingerprint density at radius 1 is 1.12 bits per heavy atom. The van der Waals surface area contributed by atoms with Crippen molar-refractivity contribution >= 4 is 44.4 Å². The first-order valence-corrected chi connectivity index (χ1v) is 12.2. The van der Waals surface area contributed by atoms with Crippen LogP contribution in [0.1, 0.15) is 16.7 Å². The SMILES string of the molecule is COc1cc(/C=C/C(=O)Nc2nc(-c3ccc(C)cc3)cs2)cc(Br)c1OCc1ccccc1. The number of aromatic nitrogens is 1. The van der Waals surface area contributed by atoms with Gasteiger partial charge >= 0.3 is 0 Å². The van der Waals surface area contributed by atoms with Gasteiger partial charge < -0.3 is 9.47 Å². The molecule has 0 saturated carbocycles. The van der Waals surface area contributed by atoms with Crippen molar-refractivity contribution in [1.29, 1.82) is 0 Å². The van der Waals surface area contributed by atoms with E-state index in [1.807, 2.05) is 79.0 Å². The maximum Gasteiger partial charge on any atom is 0.250 e. The minimum absolute atomic E-state index is 0.260. The van der Waals surface area contributed by atoms with E-state index in [0.29, 0.717) is 23.2 Å². The number of aryl methyl sites for hydroxylation is 1. The van der Waals surface area contributed by atoms with Crippen LogP contribution in [-0.2, 0) is 11.4 Å². The second kappa shape index (κ2) is 11.1. The Morgan fingerprint density at radius 2 is 1.88 bits per heavy atom. The highest BCUT2D eigenvalue weighted by atomic mass is 79.9. The van der Waals surface area contributed by atoms with E-state index in [-0.39, 0.29) is 5.91 Å². The number of nitrogens with one attached hydrogen (secondary N) is 1. The van der Waals surface area contributed by atoms with E-state index in [1.165, 1.54) is 23.0 Å². The monoisotopic (exact) mass is 534 g/mol. The summed E-state index contributed by atoms with van der Waals surface area (Å²) in [7, 11) is 1.59. The summed E-state index contributed by atoms with van der Waals surface area (Å²) >= 11 is 4.95. The molecule has 1 aromatic heterocycles. The molecule has 0 saturated heterocycles. The number of methoxy groups -OCH3 is 1. The van der Waals surface area contributed by atoms with Gasteiger partial charge in [-0.3, -0.25) is 10.1 Å². The molecule has 7 heteroatoms. The van der Waals surface area contributed by atoms with Crippen molar-refractivity contribution < 1.29 is 14.3 Å². The normalized spacial score (nSPS) is 10.9. The molecule has 0 aliphatic rings. The molecule has 0 radical (unpaired) electrons. The predicted octanol–water partition coefficient (Wildman–Crippen LogP) is 7.12. The van der Waals surface area contributed by atoms with E-state index in [4.69, 9.17) is 9.47 Å². The predicted molar refractivity (Wildman–Crippen MR) is 141 cm³/mol. The van der Waals surface area contributed by atoms with Crippen LogP contribution in [0.3, 0.4) is 0 Å². The number of nitrogens with zero attached hydrogens (tertiary/aromatic N) is 1. The van der Waals surface area contributed by atoms with Gasteiger partial charge in [-0.15, -0.1) is 11.3 Å². The topological polar surface area (TPSA) is 60.5 Å². The van der Waals surface area contributed by atoms with Gasteiger partial charge in [-0.05, 0) is 52.2 Å². The number of anilines is 1. The number of benzene rings is 3. The van der Waals surface area contributed by atoms with Crippen LogP contribution in [-0.4, -0.2) is 18.0 Å². The zero-order valence-electron chi connectivity index (χ0n) is 18.7. The van der Waals surface area contributed by atoms with E-state index < -0.39 is 0 Å². The van der Waals surface area contributed by atoms with Crippen LogP contribution in [0.4, 0.5) is 5.13 Å². The fourth-order valence-electron chi connectivity index (χ4n) is 3.21. The third-order valence-electron chi connectivity index (χ3n) is 4.99. The molecule has 1 heterocycles. The highest BCUT2D eigenvalue weighted by Crippen LogP contribution is 2.37. The van der Waals surface area contributed by atoms with E-state index in [1.54, 1.807) is 13.2 Å². The molecule has 4 aromatic rings. The maximum atomic E-state index is 12.4. The van der Waals surface area contributed by atoms with Crippen LogP contribution in [0.2, 0.25) is 0 Å². The highest BCUT2D eigenvalue weighted by Gasteiger charge is 2.12. The summed E-state index contributed by atoms with van der Waals surface area (Å²) in [6, 6.07) is 21.7. The Bertz CT molecular complexity index is 1300. The Morgan fingerprint density at radius 3 is 2.62 bits per heavy atom. The Hall–Kier alpha value is -3.42. The molecular formula is C27H23BrN2O3S. The summed E-state index contributed by atoms with van der Waals surface area (Å²) in [6.07, 6.45) is 3.19. The standard InChI is InChI=1S/C27H23BrN2O3S/c1-18-8-11-21(12-9-18)23-17-34-27(29-23)30-25(31)13-10-20-14-22(28)26(24(15-20)32-2)33-16-19-6-4-3-5-7-19/h3-15,17H,16H2,1-2H3,(H,29,30,31)/b13-10+. The molecule has 0 fully saturated rings. The lowest BCUT2D eigenvalue weighted by atomic mass is 10.1. The molecule has 0 atom stereocenters. The Kier molecular flexibility index (Phi) is 7.77. The van der Waals surface area contributed by atoms with E-state index in [2.05, 4.69) is 26.2 Å². The van der Waals surface area contributed by atoms with Gasteiger partial charge in [-0.1, -0.05) is 60.2 Å². The molecule has 1 N–H and O–H groups in total. The van der Waals surface area contributed by atoms with Gasteiger partial charge in [0.15, 0.2) is 16.6 Å². The highest BCUT2D eigenvalue weighted by molar-refractivity contribution is 9.10. The van der Waals surface area contributed by atoms with Crippen molar-refractivity contribution in [3.63, 3.8) is 0 Å². The number of halogens is 1. The first-order valence-electron chi connectivity index (χ1n) is 10.6. The van der Waals surface area contributed by atoms with Crippen molar-refractivity contribution in [1.82, 2.24) is 4.98 Å². The average molecular weight is 535 g/mol. The lowest BCUT2D eigenvalue weighted by molar-refractivity contribution is -0.111. The van der Waals surface area contributed by atoms with Crippen molar-refractivity contribution in [2.45, 2.75) is 13.5 Å². The van der Waals surface area contributed by atoms with Crippen LogP contribution in [0.15, 0.2) is 82.7 Å². The lowest BCUT2D eigenvalue weighted by Crippen LogP contribution is -2.07. The first kappa shape index (κ1) is 23.7. The smallest absolute Gasteiger partial charge is 0.250 e. The van der Waals surface area contributed by atoms with Gasteiger partial charge in [0.1, 0.15) is 6.61 Å². The fraction of sp³-hybridized carbons (Fsp3) is 0.111. The number of thiazole rings is 1. The number of carbonyl (C=O) groups excluding carboxylic acids is 1. The maximum absolute atomic E-state index is 12.4. The minimum atomic E-state index is -0.260. The number of carbonyl (C=O) groups is 1. The molecule has 0 unspecified atom stereocenters. The van der Waals surface area contributed by atoms with Crippen molar-refractivity contribution in [3.8, 4) is 22.8 Å². The van der Waals surface area contributed by atoms with Gasteiger partial charge in [-0.25, -0.2) is 4.98 Å². The van der Waals surface area contributed by atoms with Gasteiger partial charge in [0, 0.05) is 17.0 Å². The average Bonchev–Trinajstić information content (AvgIpc) is 3.31. The number of amides is 1. The molecule has 5 nitrogen and oxygen atoms in total. The molecular weight excluding hydrogens is 512 g/mol. The third-order valence-corrected chi connectivity index (χ3v) is 6.33. The van der Waals surface area contributed by atoms with Crippen molar-refractivity contribution in [3.05, 3.63) is 99.3 Å². The van der Waals surface area contributed by atoms with E-state index >= 15 is 0 Å². The zero-order valence-corrected chi connectivity index (χ0v) is 21.2.